The number of piperazine rings is 1. The second-order valence-corrected chi connectivity index (χ2v) is 6.22. The maximum absolute atomic E-state index is 14.5. The molecule has 1 aromatic rings. The Morgan fingerprint density at radius 1 is 1.33 bits per heavy atom. The predicted octanol–water partition coefficient (Wildman–Crippen LogP) is 0.983. The van der Waals surface area contributed by atoms with E-state index < -0.39 is 11.9 Å². The topological polar surface area (TPSA) is 96.2 Å². The lowest BCUT2D eigenvalue weighted by atomic mass is 10.2. The third kappa shape index (κ3) is 4.94. The van der Waals surface area contributed by atoms with Gasteiger partial charge in [0.15, 0.2) is 0 Å². The van der Waals surface area contributed by atoms with E-state index in [4.69, 9.17) is 15.3 Å². The van der Waals surface area contributed by atoms with Crippen molar-refractivity contribution in [2.45, 2.75) is 20.0 Å². The van der Waals surface area contributed by atoms with Gasteiger partial charge in [-0.3, -0.25) is 9.69 Å². The summed E-state index contributed by atoms with van der Waals surface area (Å²) in [7, 11) is 0. The van der Waals surface area contributed by atoms with Crippen molar-refractivity contribution in [1.82, 2.24) is 4.90 Å². The zero-order valence-corrected chi connectivity index (χ0v) is 15.6. The molecule has 3 rings (SSSR count). The molecule has 2 aliphatic rings. The summed E-state index contributed by atoms with van der Waals surface area (Å²) in [5.74, 6) is -0.361. The molecule has 0 aliphatic carbocycles. The molecule has 0 aromatic heterocycles. The summed E-state index contributed by atoms with van der Waals surface area (Å²) in [4.78, 5) is 37.0. The number of hydrogen-bond acceptors (Lipinski definition) is 6. The molecule has 27 heavy (non-hydrogen) atoms. The van der Waals surface area contributed by atoms with Gasteiger partial charge in [-0.05, 0) is 25.1 Å². The van der Waals surface area contributed by atoms with Gasteiger partial charge in [0, 0.05) is 39.6 Å². The van der Waals surface area contributed by atoms with Gasteiger partial charge < -0.3 is 25.1 Å². The first-order valence-corrected chi connectivity index (χ1v) is 8.79. The van der Waals surface area contributed by atoms with Gasteiger partial charge in [-0.15, -0.1) is 0 Å². The molecule has 2 aliphatic heterocycles. The van der Waals surface area contributed by atoms with Crippen molar-refractivity contribution in [3.8, 4) is 0 Å². The Bertz CT molecular complexity index is 692. The average molecular weight is 380 g/mol. The third-order valence-electron chi connectivity index (χ3n) is 4.45. The predicted molar refractivity (Wildman–Crippen MR) is 99.3 cm³/mol. The fourth-order valence-electron chi connectivity index (χ4n) is 3.04. The first kappa shape index (κ1) is 20.6. The lowest BCUT2D eigenvalue weighted by Gasteiger charge is -2.35. The number of amides is 2. The first-order valence-electron chi connectivity index (χ1n) is 8.79. The maximum Gasteiger partial charge on any atom is 0.414 e. The quantitative estimate of drug-likeness (QED) is 0.786. The van der Waals surface area contributed by atoms with Crippen molar-refractivity contribution in [2.24, 2.45) is 5.73 Å². The Hall–Kier alpha value is -2.68. The summed E-state index contributed by atoms with van der Waals surface area (Å²) in [6, 6.07) is 4.71. The van der Waals surface area contributed by atoms with Gasteiger partial charge in [0.05, 0.1) is 17.9 Å². The van der Waals surface area contributed by atoms with Crippen molar-refractivity contribution in [3.05, 3.63) is 24.0 Å². The van der Waals surface area contributed by atoms with Crippen molar-refractivity contribution >= 4 is 29.7 Å². The molecule has 8 nitrogen and oxygen atoms in total. The molecular formula is C18H25FN4O4. The van der Waals surface area contributed by atoms with E-state index in [9.17, 15) is 14.0 Å². The van der Waals surface area contributed by atoms with E-state index in [0.29, 0.717) is 44.1 Å². The Kier molecular flexibility index (Phi) is 7.12. The number of rotatable bonds is 3. The van der Waals surface area contributed by atoms with Gasteiger partial charge in [-0.1, -0.05) is 0 Å². The zero-order valence-electron chi connectivity index (χ0n) is 15.6. The van der Waals surface area contributed by atoms with Crippen LogP contribution in [-0.2, 0) is 14.3 Å². The molecule has 0 radical (unpaired) electrons. The van der Waals surface area contributed by atoms with Crippen LogP contribution in [0.1, 0.15) is 13.8 Å². The molecule has 2 amide bonds. The minimum Gasteiger partial charge on any atom is -0.443 e. The fourth-order valence-corrected chi connectivity index (χ4v) is 3.04. The SMILES string of the molecule is CC(=O)N1CCN(c2ccc(N3C[C@H](CN)OC3=O)cc2F)CC1.CC=O. The normalized spacial score (nSPS) is 19.3. The van der Waals surface area contributed by atoms with Crippen molar-refractivity contribution in [2.75, 3.05) is 49.1 Å². The third-order valence-corrected chi connectivity index (χ3v) is 4.45. The van der Waals surface area contributed by atoms with Gasteiger partial charge in [-0.2, -0.15) is 0 Å². The van der Waals surface area contributed by atoms with E-state index in [2.05, 4.69) is 0 Å². The number of halogens is 1. The second-order valence-electron chi connectivity index (χ2n) is 6.22. The number of nitrogens with two attached hydrogens (primary N) is 1. The number of benzene rings is 1. The highest BCUT2D eigenvalue weighted by Gasteiger charge is 2.32. The van der Waals surface area contributed by atoms with E-state index in [0.717, 1.165) is 6.29 Å². The van der Waals surface area contributed by atoms with Crippen LogP contribution in [0, 0.1) is 5.82 Å². The number of hydrogen-bond donors (Lipinski definition) is 1. The zero-order chi connectivity index (χ0) is 20.0. The molecule has 2 fully saturated rings. The van der Waals surface area contributed by atoms with E-state index >= 15 is 0 Å². The summed E-state index contributed by atoms with van der Waals surface area (Å²) in [6.45, 7) is 5.86. The summed E-state index contributed by atoms with van der Waals surface area (Å²) in [5, 5.41) is 0. The van der Waals surface area contributed by atoms with Crippen molar-refractivity contribution in [1.29, 1.82) is 0 Å². The Balaban J connectivity index is 0.000000817. The molecule has 0 saturated carbocycles. The summed E-state index contributed by atoms with van der Waals surface area (Å²) >= 11 is 0. The fraction of sp³-hybridized carbons (Fsp3) is 0.500. The number of anilines is 2. The van der Waals surface area contributed by atoms with E-state index in [-0.39, 0.29) is 18.6 Å². The van der Waals surface area contributed by atoms with Crippen LogP contribution in [0.4, 0.5) is 20.6 Å². The summed E-state index contributed by atoms with van der Waals surface area (Å²) < 4.78 is 19.6. The highest BCUT2D eigenvalue weighted by molar-refractivity contribution is 5.90. The highest BCUT2D eigenvalue weighted by Crippen LogP contribution is 2.28. The maximum atomic E-state index is 14.5. The molecule has 2 N–H and O–H groups in total. The van der Waals surface area contributed by atoms with Crippen LogP contribution in [0.5, 0.6) is 0 Å². The largest absolute Gasteiger partial charge is 0.443 e. The minimum absolute atomic E-state index is 0.0347. The molecule has 9 heteroatoms. The summed E-state index contributed by atoms with van der Waals surface area (Å²) in [6.07, 6.45) is -0.118. The number of carbonyl (C=O) groups excluding carboxylic acids is 3. The van der Waals surface area contributed by atoms with Crippen LogP contribution < -0.4 is 15.5 Å². The lowest BCUT2D eigenvalue weighted by molar-refractivity contribution is -0.129. The molecule has 2 saturated heterocycles. The minimum atomic E-state index is -0.507. The van der Waals surface area contributed by atoms with Crippen molar-refractivity contribution in [3.63, 3.8) is 0 Å². The molecule has 0 unspecified atom stereocenters. The Labute approximate surface area is 157 Å². The Morgan fingerprint density at radius 2 is 1.96 bits per heavy atom. The number of carbonyl (C=O) groups is 3. The van der Waals surface area contributed by atoms with Crippen LogP contribution in [0.15, 0.2) is 18.2 Å². The van der Waals surface area contributed by atoms with E-state index in [1.165, 1.54) is 24.8 Å². The number of aldehydes is 1. The van der Waals surface area contributed by atoms with Gasteiger partial charge in [0.1, 0.15) is 18.2 Å². The van der Waals surface area contributed by atoms with Crippen LogP contribution >= 0.6 is 0 Å². The van der Waals surface area contributed by atoms with Gasteiger partial charge >= 0.3 is 6.09 Å². The van der Waals surface area contributed by atoms with Gasteiger partial charge in [0.2, 0.25) is 5.91 Å². The first-order chi connectivity index (χ1) is 12.9. The molecule has 0 bridgehead atoms. The van der Waals surface area contributed by atoms with Crippen molar-refractivity contribution < 1.29 is 23.5 Å². The van der Waals surface area contributed by atoms with Crippen LogP contribution in [0.25, 0.3) is 0 Å². The standard InChI is InChI=1S/C16H21FN4O3.C2H4O/c1-11(22)19-4-6-20(7-5-19)15-3-2-12(8-14(15)17)21-10-13(9-18)24-16(21)23;1-2-3/h2-3,8,13H,4-7,9-10,18H2,1H3;2H,1H3/t13-;/m0./s1. The molecule has 1 atom stereocenters. The molecule has 1 aromatic carbocycles. The molecule has 148 valence electrons. The van der Waals surface area contributed by atoms with E-state index in [1.807, 2.05) is 4.90 Å². The Morgan fingerprint density at radius 3 is 2.44 bits per heavy atom. The molecule has 0 spiro atoms. The van der Waals surface area contributed by atoms with E-state index in [1.54, 1.807) is 17.0 Å². The van der Waals surface area contributed by atoms with Crippen LogP contribution in [-0.4, -0.2) is 68.6 Å². The van der Waals surface area contributed by atoms with Gasteiger partial charge in [0.25, 0.3) is 0 Å². The smallest absolute Gasteiger partial charge is 0.414 e. The highest BCUT2D eigenvalue weighted by atomic mass is 19.1. The number of nitrogens with zero attached hydrogens (tertiary/aromatic N) is 3. The number of ether oxygens (including phenoxy) is 1. The molecular weight excluding hydrogens is 355 g/mol. The second kappa shape index (κ2) is 9.31. The lowest BCUT2D eigenvalue weighted by Crippen LogP contribution is -2.48. The van der Waals surface area contributed by atoms with Gasteiger partial charge in [-0.25, -0.2) is 9.18 Å². The van der Waals surface area contributed by atoms with Crippen LogP contribution in [0.3, 0.4) is 0 Å². The summed E-state index contributed by atoms with van der Waals surface area (Å²) in [5.41, 5.74) is 6.44. The number of cyclic esters (lactones) is 1. The average Bonchev–Trinajstić information content (AvgIpc) is 3.03. The molecule has 2 heterocycles. The van der Waals surface area contributed by atoms with Crippen LogP contribution in [0.2, 0.25) is 0 Å². The monoisotopic (exact) mass is 380 g/mol.